The van der Waals surface area contributed by atoms with Gasteiger partial charge >= 0.3 is 6.61 Å². The van der Waals surface area contributed by atoms with Gasteiger partial charge in [-0.1, -0.05) is 35.9 Å². The fourth-order valence-corrected chi connectivity index (χ4v) is 4.00. The van der Waals surface area contributed by atoms with E-state index in [-0.39, 0.29) is 18.0 Å². The largest absolute Gasteiger partial charge is 0.434 e. The molecule has 29 heavy (non-hydrogen) atoms. The Bertz CT molecular complexity index is 920. The summed E-state index contributed by atoms with van der Waals surface area (Å²) in [6.07, 6.45) is 0.391. The summed E-state index contributed by atoms with van der Waals surface area (Å²) in [5.74, 6) is 0.541. The van der Waals surface area contributed by atoms with Gasteiger partial charge in [0.05, 0.1) is 10.6 Å². The third-order valence-electron chi connectivity index (χ3n) is 4.09. The maximum absolute atomic E-state index is 12.6. The summed E-state index contributed by atoms with van der Waals surface area (Å²) in [7, 11) is -1.76. The van der Waals surface area contributed by atoms with Crippen LogP contribution < -0.4 is 15.4 Å². The number of alkyl halides is 2. The Kier molecular flexibility index (Phi) is 8.38. The van der Waals surface area contributed by atoms with Crippen LogP contribution in [-0.2, 0) is 16.4 Å². The number of nitrogens with zero attached hydrogens (tertiary/aromatic N) is 1. The zero-order chi connectivity index (χ0) is 21.3. The van der Waals surface area contributed by atoms with Crippen molar-refractivity contribution in [1.82, 2.24) is 10.6 Å². The normalized spacial score (nSPS) is 12.1. The minimum atomic E-state index is -3.33. The smallest absolute Gasteiger partial charge is 0.387 e. The van der Waals surface area contributed by atoms with E-state index in [2.05, 4.69) is 20.4 Å². The molecule has 6 nitrogen and oxygen atoms in total. The molecule has 0 radical (unpaired) electrons. The molecule has 0 atom stereocenters. The number of aliphatic imine (C=N–C) groups is 1. The molecule has 0 bridgehead atoms. The van der Waals surface area contributed by atoms with E-state index >= 15 is 0 Å². The van der Waals surface area contributed by atoms with E-state index in [0.29, 0.717) is 29.4 Å². The van der Waals surface area contributed by atoms with Crippen LogP contribution in [0, 0.1) is 6.92 Å². The number of aryl methyl sites for hydroxylation is 1. The Balaban J connectivity index is 1.85. The van der Waals surface area contributed by atoms with Gasteiger partial charge in [0.15, 0.2) is 15.8 Å². The van der Waals surface area contributed by atoms with Crippen molar-refractivity contribution in [2.45, 2.75) is 31.4 Å². The molecule has 0 aliphatic rings. The maximum Gasteiger partial charge on any atom is 0.387 e. The second-order valence-electron chi connectivity index (χ2n) is 6.33. The van der Waals surface area contributed by atoms with Crippen molar-refractivity contribution in [3.63, 3.8) is 0 Å². The first-order valence-corrected chi connectivity index (χ1v) is 10.7. The molecule has 0 saturated carbocycles. The number of hydrogen-bond acceptors (Lipinski definition) is 4. The number of rotatable bonds is 9. The number of ether oxygens (including phenoxy) is 1. The van der Waals surface area contributed by atoms with Crippen LogP contribution >= 0.6 is 0 Å². The van der Waals surface area contributed by atoms with Crippen LogP contribution in [0.25, 0.3) is 0 Å². The van der Waals surface area contributed by atoms with Crippen LogP contribution in [0.15, 0.2) is 58.4 Å². The molecular formula is C20H25F2N3O3S. The SMILES string of the molecule is CN=C(NCCCS(=O)(=O)c1ccccc1)NCc1cc(C)ccc1OC(F)F. The highest BCUT2D eigenvalue weighted by Gasteiger charge is 2.13. The number of nitrogens with one attached hydrogen (secondary N) is 2. The molecule has 0 aromatic heterocycles. The lowest BCUT2D eigenvalue weighted by atomic mass is 10.1. The Labute approximate surface area is 169 Å². The van der Waals surface area contributed by atoms with E-state index < -0.39 is 16.4 Å². The molecule has 2 aromatic rings. The topological polar surface area (TPSA) is 79.8 Å². The van der Waals surface area contributed by atoms with Gasteiger partial charge in [0, 0.05) is 25.7 Å². The standard InChI is InChI=1S/C20H25F2N3O3S/c1-15-9-10-18(28-19(21)22)16(13-15)14-25-20(23-2)24-11-6-12-29(26,27)17-7-4-3-5-8-17/h3-5,7-10,13,19H,6,11-12,14H2,1-2H3,(H2,23,24,25). The van der Waals surface area contributed by atoms with Crippen LogP contribution in [-0.4, -0.2) is 40.3 Å². The lowest BCUT2D eigenvalue weighted by Crippen LogP contribution is -2.37. The molecule has 0 aliphatic carbocycles. The number of halogens is 2. The molecule has 0 amide bonds. The van der Waals surface area contributed by atoms with Gasteiger partial charge in [-0.05, 0) is 31.5 Å². The predicted octanol–water partition coefficient (Wildman–Crippen LogP) is 3.13. The number of sulfone groups is 1. The first-order chi connectivity index (χ1) is 13.8. The Morgan fingerprint density at radius 2 is 1.86 bits per heavy atom. The van der Waals surface area contributed by atoms with Gasteiger partial charge in [-0.3, -0.25) is 4.99 Å². The molecule has 0 fully saturated rings. The highest BCUT2D eigenvalue weighted by molar-refractivity contribution is 7.91. The number of hydrogen-bond donors (Lipinski definition) is 2. The van der Waals surface area contributed by atoms with Gasteiger partial charge in [-0.2, -0.15) is 8.78 Å². The minimum Gasteiger partial charge on any atom is -0.434 e. The van der Waals surface area contributed by atoms with Crippen molar-refractivity contribution in [3.8, 4) is 5.75 Å². The van der Waals surface area contributed by atoms with Crippen molar-refractivity contribution in [2.24, 2.45) is 4.99 Å². The van der Waals surface area contributed by atoms with Crippen LogP contribution in [0.5, 0.6) is 5.75 Å². The highest BCUT2D eigenvalue weighted by atomic mass is 32.2. The molecular weight excluding hydrogens is 400 g/mol. The third kappa shape index (κ3) is 7.34. The van der Waals surface area contributed by atoms with Crippen LogP contribution in [0.3, 0.4) is 0 Å². The van der Waals surface area contributed by atoms with E-state index in [1.807, 2.05) is 6.92 Å². The van der Waals surface area contributed by atoms with Crippen molar-refractivity contribution in [2.75, 3.05) is 19.3 Å². The summed E-state index contributed by atoms with van der Waals surface area (Å²) < 4.78 is 54.2. The third-order valence-corrected chi connectivity index (χ3v) is 5.90. The zero-order valence-electron chi connectivity index (χ0n) is 16.4. The molecule has 2 N–H and O–H groups in total. The molecule has 0 saturated heterocycles. The molecule has 2 aromatic carbocycles. The van der Waals surface area contributed by atoms with Crippen molar-refractivity contribution in [3.05, 3.63) is 59.7 Å². The van der Waals surface area contributed by atoms with Crippen molar-refractivity contribution < 1.29 is 21.9 Å². The van der Waals surface area contributed by atoms with E-state index in [4.69, 9.17) is 0 Å². The quantitative estimate of drug-likeness (QED) is 0.367. The minimum absolute atomic E-state index is 0.00522. The summed E-state index contributed by atoms with van der Waals surface area (Å²) in [5.41, 5.74) is 1.48. The van der Waals surface area contributed by atoms with Gasteiger partial charge in [-0.15, -0.1) is 0 Å². The first-order valence-electron chi connectivity index (χ1n) is 9.08. The van der Waals surface area contributed by atoms with E-state index in [1.165, 1.54) is 6.07 Å². The van der Waals surface area contributed by atoms with Gasteiger partial charge in [0.25, 0.3) is 0 Å². The Morgan fingerprint density at radius 1 is 1.14 bits per heavy atom. The van der Waals surface area contributed by atoms with Crippen LogP contribution in [0.2, 0.25) is 0 Å². The monoisotopic (exact) mass is 425 g/mol. The highest BCUT2D eigenvalue weighted by Crippen LogP contribution is 2.22. The van der Waals surface area contributed by atoms with Crippen molar-refractivity contribution in [1.29, 1.82) is 0 Å². The summed E-state index contributed by atoms with van der Waals surface area (Å²) in [4.78, 5) is 4.36. The van der Waals surface area contributed by atoms with Gasteiger partial charge in [0.2, 0.25) is 0 Å². The lowest BCUT2D eigenvalue weighted by molar-refractivity contribution is -0.0504. The average molecular weight is 426 g/mol. The fourth-order valence-electron chi connectivity index (χ4n) is 2.67. The summed E-state index contributed by atoms with van der Waals surface area (Å²) >= 11 is 0. The summed E-state index contributed by atoms with van der Waals surface area (Å²) in [5, 5.41) is 6.04. The van der Waals surface area contributed by atoms with E-state index in [9.17, 15) is 17.2 Å². The maximum atomic E-state index is 12.6. The summed E-state index contributed by atoms with van der Waals surface area (Å²) in [6.45, 7) is -0.429. The van der Waals surface area contributed by atoms with Crippen LogP contribution in [0.1, 0.15) is 17.5 Å². The lowest BCUT2D eigenvalue weighted by Gasteiger charge is -2.15. The number of guanidine groups is 1. The number of benzene rings is 2. The Morgan fingerprint density at radius 3 is 2.52 bits per heavy atom. The molecule has 0 heterocycles. The van der Waals surface area contributed by atoms with Gasteiger partial charge in [-0.25, -0.2) is 8.42 Å². The van der Waals surface area contributed by atoms with Crippen LogP contribution in [0.4, 0.5) is 8.78 Å². The second-order valence-corrected chi connectivity index (χ2v) is 8.44. The fraction of sp³-hybridized carbons (Fsp3) is 0.350. The molecule has 0 unspecified atom stereocenters. The predicted molar refractivity (Wildman–Crippen MR) is 109 cm³/mol. The zero-order valence-corrected chi connectivity index (χ0v) is 17.2. The summed E-state index contributed by atoms with van der Waals surface area (Å²) in [6, 6.07) is 13.2. The van der Waals surface area contributed by atoms with E-state index in [0.717, 1.165) is 5.56 Å². The van der Waals surface area contributed by atoms with Gasteiger partial charge in [0.1, 0.15) is 5.75 Å². The molecule has 0 spiro atoms. The van der Waals surface area contributed by atoms with E-state index in [1.54, 1.807) is 49.5 Å². The van der Waals surface area contributed by atoms with Crippen molar-refractivity contribution >= 4 is 15.8 Å². The second kappa shape index (κ2) is 10.8. The average Bonchev–Trinajstić information content (AvgIpc) is 2.69. The molecule has 0 aliphatic heterocycles. The molecule has 2 rings (SSSR count). The molecule has 158 valence electrons. The Hall–Kier alpha value is -2.68. The first kappa shape index (κ1) is 22.6. The van der Waals surface area contributed by atoms with Gasteiger partial charge < -0.3 is 15.4 Å². The molecule has 9 heteroatoms.